The summed E-state index contributed by atoms with van der Waals surface area (Å²) in [5.74, 6) is 0.413. The molecule has 1 spiro atoms. The molecule has 0 bridgehead atoms. The Labute approximate surface area is 86.1 Å². The summed E-state index contributed by atoms with van der Waals surface area (Å²) in [7, 11) is 0. The standard InChI is InChI=1S/C11H20N2O/c1-3-12-7-5-11(9-12)6-8-13(4-2)10(11)14/h3-9H2,1-2H3. The summed E-state index contributed by atoms with van der Waals surface area (Å²) < 4.78 is 0. The number of carbonyl (C=O) groups is 1. The third kappa shape index (κ3) is 1.34. The van der Waals surface area contributed by atoms with Crippen LogP contribution in [-0.2, 0) is 4.79 Å². The van der Waals surface area contributed by atoms with Gasteiger partial charge in [-0.1, -0.05) is 6.92 Å². The first-order chi connectivity index (χ1) is 6.72. The molecule has 2 heterocycles. The SMILES string of the molecule is CCN1CCC2(CCN(CC)C2=O)C1. The number of hydrogen-bond acceptors (Lipinski definition) is 2. The van der Waals surface area contributed by atoms with Crippen LogP contribution in [0.1, 0.15) is 26.7 Å². The summed E-state index contributed by atoms with van der Waals surface area (Å²) in [6, 6.07) is 0. The van der Waals surface area contributed by atoms with Gasteiger partial charge < -0.3 is 9.80 Å². The third-order valence-electron chi connectivity index (χ3n) is 3.86. The second-order valence-corrected chi connectivity index (χ2v) is 4.53. The fraction of sp³-hybridized carbons (Fsp3) is 0.909. The fourth-order valence-corrected chi connectivity index (χ4v) is 2.80. The van der Waals surface area contributed by atoms with Crippen LogP contribution < -0.4 is 0 Å². The predicted molar refractivity (Wildman–Crippen MR) is 56.0 cm³/mol. The highest BCUT2D eigenvalue weighted by atomic mass is 16.2. The first-order valence-electron chi connectivity index (χ1n) is 5.73. The smallest absolute Gasteiger partial charge is 0.230 e. The van der Waals surface area contributed by atoms with Crippen LogP contribution in [0.15, 0.2) is 0 Å². The number of likely N-dealkylation sites (tertiary alicyclic amines) is 2. The van der Waals surface area contributed by atoms with E-state index in [4.69, 9.17) is 0 Å². The summed E-state index contributed by atoms with van der Waals surface area (Å²) in [4.78, 5) is 16.5. The Morgan fingerprint density at radius 1 is 1.21 bits per heavy atom. The quantitative estimate of drug-likeness (QED) is 0.656. The largest absolute Gasteiger partial charge is 0.342 e. The van der Waals surface area contributed by atoms with Crippen LogP contribution in [-0.4, -0.2) is 48.4 Å². The summed E-state index contributed by atoms with van der Waals surface area (Å²) in [5.41, 5.74) is 0.00597. The first kappa shape index (κ1) is 9.97. The average Bonchev–Trinajstić information content (AvgIpc) is 2.75. The lowest BCUT2D eigenvalue weighted by Gasteiger charge is -2.22. The number of rotatable bonds is 2. The van der Waals surface area contributed by atoms with E-state index in [0.717, 1.165) is 45.6 Å². The van der Waals surface area contributed by atoms with Gasteiger partial charge in [-0.2, -0.15) is 0 Å². The Kier molecular flexibility index (Phi) is 2.52. The molecule has 14 heavy (non-hydrogen) atoms. The molecule has 80 valence electrons. The van der Waals surface area contributed by atoms with Crippen molar-refractivity contribution in [2.45, 2.75) is 26.7 Å². The Morgan fingerprint density at radius 3 is 2.43 bits per heavy atom. The van der Waals surface area contributed by atoms with E-state index in [1.807, 2.05) is 4.90 Å². The number of carbonyl (C=O) groups excluding carboxylic acids is 1. The molecule has 0 radical (unpaired) electrons. The molecule has 1 atom stereocenters. The van der Waals surface area contributed by atoms with Gasteiger partial charge in [0.25, 0.3) is 0 Å². The van der Waals surface area contributed by atoms with Crippen molar-refractivity contribution in [2.24, 2.45) is 5.41 Å². The molecule has 0 aromatic carbocycles. The molecule has 2 fully saturated rings. The van der Waals surface area contributed by atoms with Crippen molar-refractivity contribution in [3.8, 4) is 0 Å². The topological polar surface area (TPSA) is 23.6 Å². The molecule has 2 saturated heterocycles. The molecule has 0 aromatic rings. The third-order valence-corrected chi connectivity index (χ3v) is 3.86. The van der Waals surface area contributed by atoms with Crippen molar-refractivity contribution in [1.82, 2.24) is 9.80 Å². The van der Waals surface area contributed by atoms with Crippen molar-refractivity contribution in [1.29, 1.82) is 0 Å². The normalized spacial score (nSPS) is 33.6. The highest BCUT2D eigenvalue weighted by molar-refractivity contribution is 5.85. The molecule has 0 aromatic heterocycles. The molecule has 2 aliphatic rings. The summed E-state index contributed by atoms with van der Waals surface area (Å²) in [5, 5.41) is 0. The van der Waals surface area contributed by atoms with E-state index in [-0.39, 0.29) is 5.41 Å². The van der Waals surface area contributed by atoms with Crippen molar-refractivity contribution >= 4 is 5.91 Å². The van der Waals surface area contributed by atoms with E-state index >= 15 is 0 Å². The Balaban J connectivity index is 2.08. The monoisotopic (exact) mass is 196 g/mol. The van der Waals surface area contributed by atoms with E-state index in [0.29, 0.717) is 5.91 Å². The van der Waals surface area contributed by atoms with Gasteiger partial charge >= 0.3 is 0 Å². The molecular formula is C11H20N2O. The van der Waals surface area contributed by atoms with Gasteiger partial charge in [-0.3, -0.25) is 4.79 Å². The van der Waals surface area contributed by atoms with Gasteiger partial charge in [-0.25, -0.2) is 0 Å². The van der Waals surface area contributed by atoms with Gasteiger partial charge in [0.2, 0.25) is 5.91 Å². The minimum absolute atomic E-state index is 0.00597. The molecule has 1 unspecified atom stereocenters. The fourth-order valence-electron chi connectivity index (χ4n) is 2.80. The van der Waals surface area contributed by atoms with Gasteiger partial charge in [0.15, 0.2) is 0 Å². The predicted octanol–water partition coefficient (Wildman–Crippen LogP) is 0.951. The van der Waals surface area contributed by atoms with Crippen LogP contribution in [0.25, 0.3) is 0 Å². The zero-order valence-corrected chi connectivity index (χ0v) is 9.25. The van der Waals surface area contributed by atoms with Crippen LogP contribution >= 0.6 is 0 Å². The summed E-state index contributed by atoms with van der Waals surface area (Å²) >= 11 is 0. The van der Waals surface area contributed by atoms with Crippen LogP contribution in [0.3, 0.4) is 0 Å². The molecule has 3 nitrogen and oxygen atoms in total. The molecular weight excluding hydrogens is 176 g/mol. The summed E-state index contributed by atoms with van der Waals surface area (Å²) in [6.07, 6.45) is 2.16. The molecule has 0 aliphatic carbocycles. The molecule has 3 heteroatoms. The summed E-state index contributed by atoms with van der Waals surface area (Å²) in [6.45, 7) is 9.30. The van der Waals surface area contributed by atoms with Gasteiger partial charge in [-0.15, -0.1) is 0 Å². The zero-order valence-electron chi connectivity index (χ0n) is 9.25. The highest BCUT2D eigenvalue weighted by Gasteiger charge is 2.49. The highest BCUT2D eigenvalue weighted by Crippen LogP contribution is 2.40. The minimum atomic E-state index is 0.00597. The Morgan fingerprint density at radius 2 is 1.93 bits per heavy atom. The van der Waals surface area contributed by atoms with Gasteiger partial charge in [0.05, 0.1) is 5.41 Å². The van der Waals surface area contributed by atoms with Gasteiger partial charge in [-0.05, 0) is 32.9 Å². The minimum Gasteiger partial charge on any atom is -0.342 e. The number of amides is 1. The molecule has 2 rings (SSSR count). The van der Waals surface area contributed by atoms with Crippen molar-refractivity contribution < 1.29 is 4.79 Å². The van der Waals surface area contributed by atoms with E-state index in [9.17, 15) is 4.79 Å². The van der Waals surface area contributed by atoms with Crippen LogP contribution in [0.2, 0.25) is 0 Å². The van der Waals surface area contributed by atoms with Crippen molar-refractivity contribution in [3.05, 3.63) is 0 Å². The lowest BCUT2D eigenvalue weighted by Crippen LogP contribution is -2.36. The van der Waals surface area contributed by atoms with E-state index in [2.05, 4.69) is 18.7 Å². The van der Waals surface area contributed by atoms with Crippen LogP contribution in [0.5, 0.6) is 0 Å². The molecule has 1 amide bonds. The molecule has 2 aliphatic heterocycles. The number of hydrogen-bond donors (Lipinski definition) is 0. The van der Waals surface area contributed by atoms with E-state index in [1.165, 1.54) is 0 Å². The lowest BCUT2D eigenvalue weighted by molar-refractivity contribution is -0.135. The number of nitrogens with zero attached hydrogens (tertiary/aromatic N) is 2. The Hall–Kier alpha value is -0.570. The second kappa shape index (κ2) is 3.54. The second-order valence-electron chi connectivity index (χ2n) is 4.53. The average molecular weight is 196 g/mol. The van der Waals surface area contributed by atoms with Gasteiger partial charge in [0, 0.05) is 19.6 Å². The first-order valence-corrected chi connectivity index (χ1v) is 5.73. The lowest BCUT2D eigenvalue weighted by atomic mass is 9.85. The molecule has 0 N–H and O–H groups in total. The molecule has 0 saturated carbocycles. The Bertz CT molecular complexity index is 237. The van der Waals surface area contributed by atoms with Crippen molar-refractivity contribution in [2.75, 3.05) is 32.7 Å². The maximum absolute atomic E-state index is 12.1. The van der Waals surface area contributed by atoms with E-state index in [1.54, 1.807) is 0 Å². The van der Waals surface area contributed by atoms with Crippen LogP contribution in [0.4, 0.5) is 0 Å². The van der Waals surface area contributed by atoms with Crippen molar-refractivity contribution in [3.63, 3.8) is 0 Å². The van der Waals surface area contributed by atoms with Crippen LogP contribution in [0, 0.1) is 5.41 Å². The van der Waals surface area contributed by atoms with Gasteiger partial charge in [0.1, 0.15) is 0 Å². The maximum Gasteiger partial charge on any atom is 0.230 e. The maximum atomic E-state index is 12.1. The zero-order chi connectivity index (χ0) is 10.2. The van der Waals surface area contributed by atoms with E-state index < -0.39 is 0 Å².